The minimum Gasteiger partial charge on any atom is -0.477 e. The van der Waals surface area contributed by atoms with E-state index in [2.05, 4.69) is 65.5 Å². The molecule has 2 fully saturated rings. The van der Waals surface area contributed by atoms with Crippen LogP contribution in [0.3, 0.4) is 0 Å². The molecule has 1 aliphatic carbocycles. The first-order valence-corrected chi connectivity index (χ1v) is 19.4. The maximum atomic E-state index is 12.2. The largest absolute Gasteiger partial charge is 0.477 e. The number of carboxylic acids is 1. The lowest BCUT2D eigenvalue weighted by molar-refractivity contribution is 0.0702. The molecule has 1 N–H and O–H groups in total. The average Bonchev–Trinajstić information content (AvgIpc) is 3.72. The lowest BCUT2D eigenvalue weighted by atomic mass is 9.82. The minimum absolute atomic E-state index is 0.454. The predicted molar refractivity (Wildman–Crippen MR) is 198 cm³/mol. The van der Waals surface area contributed by atoms with Crippen LogP contribution in [0.25, 0.3) is 43.6 Å². The van der Waals surface area contributed by atoms with Gasteiger partial charge in [-0.25, -0.2) is 9.78 Å². The van der Waals surface area contributed by atoms with Crippen molar-refractivity contribution in [3.63, 3.8) is 0 Å². The highest BCUT2D eigenvalue weighted by Gasteiger charge is 2.33. The highest BCUT2D eigenvalue weighted by atomic mass is 32.1. The van der Waals surface area contributed by atoms with Crippen LogP contribution in [-0.2, 0) is 6.54 Å². The second-order valence-corrected chi connectivity index (χ2v) is 16.6. The molecule has 1 saturated carbocycles. The highest BCUT2D eigenvalue weighted by Crippen LogP contribution is 2.51. The van der Waals surface area contributed by atoms with Crippen molar-refractivity contribution in [2.24, 2.45) is 5.92 Å². The van der Waals surface area contributed by atoms with E-state index in [1.165, 1.54) is 124 Å². The number of hydrogen-bond donors (Lipinski definition) is 1. The maximum Gasteiger partial charge on any atom is 0.345 e. The van der Waals surface area contributed by atoms with Crippen molar-refractivity contribution in [3.05, 3.63) is 56.6 Å². The second kappa shape index (κ2) is 12.7. The molecule has 246 valence electrons. The van der Waals surface area contributed by atoms with Crippen LogP contribution in [0.1, 0.15) is 89.2 Å². The zero-order valence-corrected chi connectivity index (χ0v) is 29.6. The molecule has 0 radical (unpaired) electrons. The molecule has 8 heteroatoms. The smallest absolute Gasteiger partial charge is 0.345 e. The summed E-state index contributed by atoms with van der Waals surface area (Å²) in [5.41, 5.74) is 9.81. The number of thiophene rings is 2. The molecular formula is C39H46N4O2S2. The van der Waals surface area contributed by atoms with E-state index in [0.29, 0.717) is 10.8 Å². The molecule has 47 heavy (non-hydrogen) atoms. The fourth-order valence-electron chi connectivity index (χ4n) is 8.87. The van der Waals surface area contributed by atoms with Crippen molar-refractivity contribution in [2.45, 2.75) is 84.6 Å². The van der Waals surface area contributed by atoms with Crippen molar-refractivity contribution in [2.75, 3.05) is 37.6 Å². The van der Waals surface area contributed by atoms with Crippen LogP contribution in [-0.4, -0.2) is 58.3 Å². The number of hydrogen-bond acceptors (Lipinski definition) is 6. The van der Waals surface area contributed by atoms with Crippen LogP contribution in [0.5, 0.6) is 0 Å². The van der Waals surface area contributed by atoms with Gasteiger partial charge >= 0.3 is 5.97 Å². The van der Waals surface area contributed by atoms with Crippen LogP contribution in [0, 0.1) is 19.8 Å². The number of anilines is 1. The SMILES string of the molecule is CCN1CCCC(CCN2CCn3c(c(C4CCCCC4)c4sc(C(=O)O)cc43)-c3ccc4nc(-c5cc(C)sc5C)ccc4c32)C1. The number of piperidine rings is 1. The van der Waals surface area contributed by atoms with Crippen LogP contribution < -0.4 is 4.90 Å². The highest BCUT2D eigenvalue weighted by molar-refractivity contribution is 7.21. The van der Waals surface area contributed by atoms with Gasteiger partial charge in [0.1, 0.15) is 4.88 Å². The first-order chi connectivity index (χ1) is 22.9. The molecular weight excluding hydrogens is 621 g/mol. The van der Waals surface area contributed by atoms with Crippen molar-refractivity contribution in [1.29, 1.82) is 0 Å². The number of carbonyl (C=O) groups is 1. The van der Waals surface area contributed by atoms with E-state index in [-0.39, 0.29) is 0 Å². The van der Waals surface area contributed by atoms with E-state index in [0.717, 1.165) is 48.8 Å². The molecule has 0 amide bonds. The first kappa shape index (κ1) is 31.1. The van der Waals surface area contributed by atoms with E-state index in [9.17, 15) is 9.90 Å². The summed E-state index contributed by atoms with van der Waals surface area (Å²) in [6.45, 7) is 13.0. The zero-order chi connectivity index (χ0) is 32.2. The molecule has 3 aliphatic rings. The summed E-state index contributed by atoms with van der Waals surface area (Å²) >= 11 is 3.33. The van der Waals surface area contributed by atoms with Crippen LogP contribution in [0.2, 0.25) is 0 Å². The van der Waals surface area contributed by atoms with Gasteiger partial charge in [-0.1, -0.05) is 26.2 Å². The number of rotatable bonds is 7. The Morgan fingerprint density at radius 3 is 2.57 bits per heavy atom. The molecule has 1 saturated heterocycles. The maximum absolute atomic E-state index is 12.2. The summed E-state index contributed by atoms with van der Waals surface area (Å²) in [6.07, 6.45) is 9.94. The summed E-state index contributed by atoms with van der Waals surface area (Å²) in [7, 11) is 0. The number of fused-ring (bicyclic) bond motifs is 7. The Morgan fingerprint density at radius 1 is 0.957 bits per heavy atom. The van der Waals surface area contributed by atoms with Gasteiger partial charge < -0.3 is 19.5 Å². The normalized spacial score (nSPS) is 19.3. The van der Waals surface area contributed by atoms with Crippen molar-refractivity contribution in [3.8, 4) is 22.5 Å². The molecule has 8 rings (SSSR count). The van der Waals surface area contributed by atoms with Gasteiger partial charge in [-0.3, -0.25) is 0 Å². The van der Waals surface area contributed by atoms with Crippen molar-refractivity contribution < 1.29 is 9.90 Å². The van der Waals surface area contributed by atoms with Crippen molar-refractivity contribution >= 4 is 55.4 Å². The van der Waals surface area contributed by atoms with Gasteiger partial charge in [-0.15, -0.1) is 22.7 Å². The van der Waals surface area contributed by atoms with E-state index >= 15 is 0 Å². The Labute approximate surface area is 286 Å². The van der Waals surface area contributed by atoms with Gasteiger partial charge in [0.05, 0.1) is 32.8 Å². The third kappa shape index (κ3) is 5.60. The Bertz CT molecular complexity index is 1960. The molecule has 5 aromatic rings. The van der Waals surface area contributed by atoms with Gasteiger partial charge in [-0.2, -0.15) is 0 Å². The Balaban J connectivity index is 1.30. The average molecular weight is 667 g/mol. The van der Waals surface area contributed by atoms with Gasteiger partial charge in [0.2, 0.25) is 0 Å². The third-order valence-corrected chi connectivity index (χ3v) is 13.3. The van der Waals surface area contributed by atoms with Crippen LogP contribution in [0.15, 0.2) is 36.4 Å². The summed E-state index contributed by atoms with van der Waals surface area (Å²) < 4.78 is 3.69. The molecule has 1 atom stereocenters. The van der Waals surface area contributed by atoms with Gasteiger partial charge in [0.15, 0.2) is 0 Å². The summed E-state index contributed by atoms with van der Waals surface area (Å²) in [6, 6.07) is 13.4. The Kier molecular flexibility index (Phi) is 8.39. The van der Waals surface area contributed by atoms with E-state index in [1.54, 1.807) is 0 Å². The summed E-state index contributed by atoms with van der Waals surface area (Å²) in [4.78, 5) is 25.9. The minimum atomic E-state index is -0.816. The predicted octanol–water partition coefficient (Wildman–Crippen LogP) is 9.95. The lowest BCUT2D eigenvalue weighted by Crippen LogP contribution is -2.37. The Hall–Kier alpha value is -3.20. The number of carboxylic acid groups (broad SMARTS) is 1. The van der Waals surface area contributed by atoms with Crippen LogP contribution in [0.4, 0.5) is 5.69 Å². The first-order valence-electron chi connectivity index (χ1n) is 17.8. The summed E-state index contributed by atoms with van der Waals surface area (Å²) in [5.74, 6) is 0.368. The molecule has 6 heterocycles. The topological polar surface area (TPSA) is 61.6 Å². The molecule has 0 bridgehead atoms. The number of nitrogens with zero attached hydrogens (tertiary/aromatic N) is 4. The molecule has 0 spiro atoms. The number of aromatic carboxylic acids is 1. The monoisotopic (exact) mass is 666 g/mol. The van der Waals surface area contributed by atoms with Gasteiger partial charge in [-0.05, 0) is 113 Å². The van der Waals surface area contributed by atoms with Gasteiger partial charge in [0.25, 0.3) is 0 Å². The number of aryl methyl sites for hydroxylation is 2. The molecule has 2 aliphatic heterocycles. The molecule has 1 unspecified atom stereocenters. The second-order valence-electron chi connectivity index (χ2n) is 14.1. The fourth-order valence-corrected chi connectivity index (χ4v) is 10.9. The van der Waals surface area contributed by atoms with E-state index in [1.807, 2.05) is 17.4 Å². The quantitative estimate of drug-likeness (QED) is 0.187. The van der Waals surface area contributed by atoms with Gasteiger partial charge in [0, 0.05) is 52.4 Å². The fraction of sp³-hybridized carbons (Fsp3) is 0.487. The molecule has 6 nitrogen and oxygen atoms in total. The lowest BCUT2D eigenvalue weighted by Gasteiger charge is -2.34. The van der Waals surface area contributed by atoms with E-state index < -0.39 is 5.97 Å². The molecule has 4 aromatic heterocycles. The number of pyridine rings is 1. The standard InChI is InChI=1S/C39H46N4O2S2/c1-4-41-17-8-9-26(23-41)16-18-42-19-20-43-33-22-34(39(44)45)47-38(33)35(27-10-6-5-7-11-27)37(43)29-13-15-31-28(36(29)42)12-14-32(40-31)30-21-24(2)46-25(30)3/h12-15,21-22,26-27H,4-11,16-20,23H2,1-3H3,(H,44,45). The summed E-state index contributed by atoms with van der Waals surface area (Å²) in [5, 5.41) is 11.3. The number of aromatic nitrogens is 2. The Morgan fingerprint density at radius 2 is 1.81 bits per heavy atom. The van der Waals surface area contributed by atoms with Crippen molar-refractivity contribution in [1.82, 2.24) is 14.5 Å². The van der Waals surface area contributed by atoms with E-state index in [4.69, 9.17) is 4.98 Å². The number of likely N-dealkylation sites (tertiary alicyclic amines) is 1. The zero-order valence-electron chi connectivity index (χ0n) is 28.0. The third-order valence-electron chi connectivity index (χ3n) is 11.2. The number of benzene rings is 1. The molecule has 1 aromatic carbocycles. The van der Waals surface area contributed by atoms with Crippen LogP contribution >= 0.6 is 22.7 Å².